The van der Waals surface area contributed by atoms with E-state index in [2.05, 4.69) is 65.1 Å². The van der Waals surface area contributed by atoms with Crippen molar-refractivity contribution < 1.29 is 0 Å². The third-order valence-corrected chi connectivity index (χ3v) is 3.50. The fourth-order valence-corrected chi connectivity index (χ4v) is 2.70. The predicted octanol–water partition coefficient (Wildman–Crippen LogP) is 4.70. The van der Waals surface area contributed by atoms with E-state index in [-0.39, 0.29) is 0 Å². The zero-order valence-corrected chi connectivity index (χ0v) is 10.9. The first-order valence-electron chi connectivity index (χ1n) is 5.33. The van der Waals surface area contributed by atoms with Crippen LogP contribution in [0.3, 0.4) is 0 Å². The molecule has 0 saturated heterocycles. The van der Waals surface area contributed by atoms with Crippen molar-refractivity contribution in [1.29, 1.82) is 0 Å². The molecule has 2 heteroatoms. The van der Waals surface area contributed by atoms with Gasteiger partial charge in [0.1, 0.15) is 0 Å². The highest BCUT2D eigenvalue weighted by atomic mass is 79.9. The van der Waals surface area contributed by atoms with Gasteiger partial charge in [0, 0.05) is 26.3 Å². The van der Waals surface area contributed by atoms with Gasteiger partial charge in [0.2, 0.25) is 0 Å². The number of H-pyrrole nitrogens is 1. The minimum absolute atomic E-state index is 1.11. The Morgan fingerprint density at radius 1 is 1.00 bits per heavy atom. The number of nitrogens with one attached hydrogen (secondary N) is 1. The Morgan fingerprint density at radius 3 is 2.62 bits per heavy atom. The number of halogens is 1. The summed E-state index contributed by atoms with van der Waals surface area (Å²) in [5.41, 5.74) is 5.06. The molecule has 0 atom stereocenters. The van der Waals surface area contributed by atoms with Crippen molar-refractivity contribution in [3.8, 4) is 0 Å². The molecule has 1 aromatic heterocycles. The summed E-state index contributed by atoms with van der Waals surface area (Å²) < 4.78 is 1.11. The van der Waals surface area contributed by atoms with Crippen LogP contribution in [-0.4, -0.2) is 4.98 Å². The summed E-state index contributed by atoms with van der Waals surface area (Å²) in [5.74, 6) is 0. The molecular weight excluding hydrogens is 262 g/mol. The number of aromatic amines is 1. The highest BCUT2D eigenvalue weighted by Crippen LogP contribution is 2.30. The number of fused-ring (bicyclic) bond motifs is 3. The second-order valence-electron chi connectivity index (χ2n) is 4.32. The largest absolute Gasteiger partial charge is 0.354 e. The summed E-state index contributed by atoms with van der Waals surface area (Å²) >= 11 is 3.50. The molecule has 1 heterocycles. The molecule has 3 aromatic rings. The molecule has 0 spiro atoms. The lowest BCUT2D eigenvalue weighted by Gasteiger charge is -1.98. The Morgan fingerprint density at radius 2 is 1.81 bits per heavy atom. The molecule has 0 aliphatic carbocycles. The van der Waals surface area contributed by atoms with E-state index in [9.17, 15) is 0 Å². The van der Waals surface area contributed by atoms with Crippen LogP contribution < -0.4 is 0 Å². The topological polar surface area (TPSA) is 15.8 Å². The van der Waals surface area contributed by atoms with Crippen LogP contribution >= 0.6 is 15.9 Å². The van der Waals surface area contributed by atoms with Crippen LogP contribution in [0.25, 0.3) is 21.8 Å². The van der Waals surface area contributed by atoms with Gasteiger partial charge in [-0.2, -0.15) is 0 Å². The molecule has 0 aliphatic heterocycles. The second-order valence-corrected chi connectivity index (χ2v) is 5.23. The van der Waals surface area contributed by atoms with Gasteiger partial charge in [0.25, 0.3) is 0 Å². The fraction of sp³-hybridized carbons (Fsp3) is 0.143. The van der Waals surface area contributed by atoms with Crippen molar-refractivity contribution in [2.75, 3.05) is 0 Å². The van der Waals surface area contributed by atoms with Crippen LogP contribution in [-0.2, 0) is 0 Å². The highest BCUT2D eigenvalue weighted by molar-refractivity contribution is 9.10. The molecule has 0 saturated carbocycles. The smallest absolute Gasteiger partial charge is 0.0494 e. The molecule has 0 fully saturated rings. The van der Waals surface area contributed by atoms with Gasteiger partial charge in [-0.25, -0.2) is 0 Å². The molecule has 0 unspecified atom stereocenters. The SMILES string of the molecule is Cc1cc(C)c2[nH]c3cc(Br)ccc3c2c1. The van der Waals surface area contributed by atoms with Gasteiger partial charge in [-0.1, -0.05) is 33.6 Å². The molecule has 0 amide bonds. The van der Waals surface area contributed by atoms with Crippen molar-refractivity contribution in [1.82, 2.24) is 4.98 Å². The quantitative estimate of drug-likeness (QED) is 0.611. The predicted molar refractivity (Wildman–Crippen MR) is 73.0 cm³/mol. The Bertz CT molecular complexity index is 695. The molecule has 80 valence electrons. The molecule has 2 aromatic carbocycles. The lowest BCUT2D eigenvalue weighted by Crippen LogP contribution is -1.78. The van der Waals surface area contributed by atoms with E-state index in [1.165, 1.54) is 32.9 Å². The Balaban J connectivity index is 2.55. The van der Waals surface area contributed by atoms with Crippen molar-refractivity contribution in [3.63, 3.8) is 0 Å². The van der Waals surface area contributed by atoms with E-state index >= 15 is 0 Å². The summed E-state index contributed by atoms with van der Waals surface area (Å²) in [6, 6.07) is 10.8. The normalized spacial score (nSPS) is 11.4. The zero-order valence-electron chi connectivity index (χ0n) is 9.26. The zero-order chi connectivity index (χ0) is 11.3. The van der Waals surface area contributed by atoms with E-state index in [4.69, 9.17) is 0 Å². The van der Waals surface area contributed by atoms with E-state index in [0.717, 1.165) is 4.47 Å². The van der Waals surface area contributed by atoms with Crippen LogP contribution in [0.2, 0.25) is 0 Å². The molecule has 0 aliphatic rings. The van der Waals surface area contributed by atoms with Gasteiger partial charge in [0.05, 0.1) is 0 Å². The van der Waals surface area contributed by atoms with Gasteiger partial charge in [0.15, 0.2) is 0 Å². The number of aromatic nitrogens is 1. The Hall–Kier alpha value is -1.28. The van der Waals surface area contributed by atoms with Crippen LogP contribution in [0.5, 0.6) is 0 Å². The van der Waals surface area contributed by atoms with Crippen LogP contribution in [0.1, 0.15) is 11.1 Å². The average Bonchev–Trinajstić information content (AvgIpc) is 2.56. The van der Waals surface area contributed by atoms with E-state index < -0.39 is 0 Å². The number of rotatable bonds is 0. The van der Waals surface area contributed by atoms with Crippen LogP contribution in [0.15, 0.2) is 34.8 Å². The van der Waals surface area contributed by atoms with Crippen molar-refractivity contribution >= 4 is 37.7 Å². The Labute approximate surface area is 103 Å². The minimum atomic E-state index is 1.11. The van der Waals surface area contributed by atoms with Crippen molar-refractivity contribution in [2.45, 2.75) is 13.8 Å². The summed E-state index contributed by atoms with van der Waals surface area (Å²) in [7, 11) is 0. The standard InChI is InChI=1S/C14H12BrN/c1-8-5-9(2)14-12(6-8)11-4-3-10(15)7-13(11)16-14/h3-7,16H,1-2H3. The molecule has 3 rings (SSSR count). The lowest BCUT2D eigenvalue weighted by atomic mass is 10.1. The van der Waals surface area contributed by atoms with E-state index in [1.54, 1.807) is 0 Å². The first-order valence-corrected chi connectivity index (χ1v) is 6.12. The molecule has 0 bridgehead atoms. The first kappa shape index (κ1) is 9.91. The average molecular weight is 274 g/mol. The summed E-state index contributed by atoms with van der Waals surface area (Å²) in [5, 5.41) is 2.62. The summed E-state index contributed by atoms with van der Waals surface area (Å²) in [6.07, 6.45) is 0. The number of aryl methyl sites for hydroxylation is 2. The highest BCUT2D eigenvalue weighted by Gasteiger charge is 2.06. The van der Waals surface area contributed by atoms with Gasteiger partial charge >= 0.3 is 0 Å². The maximum Gasteiger partial charge on any atom is 0.0494 e. The molecule has 1 nitrogen and oxygen atoms in total. The number of hydrogen-bond acceptors (Lipinski definition) is 0. The molecule has 0 radical (unpaired) electrons. The monoisotopic (exact) mass is 273 g/mol. The van der Waals surface area contributed by atoms with Crippen LogP contribution in [0, 0.1) is 13.8 Å². The van der Waals surface area contributed by atoms with Crippen molar-refractivity contribution in [3.05, 3.63) is 45.9 Å². The first-order chi connectivity index (χ1) is 7.65. The molecular formula is C14H12BrN. The van der Waals surface area contributed by atoms with Crippen LogP contribution in [0.4, 0.5) is 0 Å². The van der Waals surface area contributed by atoms with E-state index in [0.29, 0.717) is 0 Å². The third kappa shape index (κ3) is 1.37. The summed E-state index contributed by atoms with van der Waals surface area (Å²) in [6.45, 7) is 4.30. The van der Waals surface area contributed by atoms with E-state index in [1.807, 2.05) is 0 Å². The fourth-order valence-electron chi connectivity index (χ4n) is 2.34. The lowest BCUT2D eigenvalue weighted by molar-refractivity contribution is 1.40. The van der Waals surface area contributed by atoms with Crippen molar-refractivity contribution in [2.24, 2.45) is 0 Å². The maximum atomic E-state index is 3.50. The Kier molecular flexibility index (Phi) is 2.08. The minimum Gasteiger partial charge on any atom is -0.354 e. The van der Waals surface area contributed by atoms with Gasteiger partial charge in [-0.15, -0.1) is 0 Å². The maximum absolute atomic E-state index is 3.50. The third-order valence-electron chi connectivity index (χ3n) is 3.01. The summed E-state index contributed by atoms with van der Waals surface area (Å²) in [4.78, 5) is 3.48. The second kappa shape index (κ2) is 3.36. The van der Waals surface area contributed by atoms with Gasteiger partial charge in [-0.3, -0.25) is 0 Å². The van der Waals surface area contributed by atoms with Gasteiger partial charge in [-0.05, 0) is 37.6 Å². The molecule has 16 heavy (non-hydrogen) atoms. The molecule has 1 N–H and O–H groups in total. The van der Waals surface area contributed by atoms with Gasteiger partial charge < -0.3 is 4.98 Å². The number of hydrogen-bond donors (Lipinski definition) is 1. The number of benzene rings is 2.